The van der Waals surface area contributed by atoms with Crippen LogP contribution in [0.3, 0.4) is 0 Å². The quantitative estimate of drug-likeness (QED) is 0.643. The Balaban J connectivity index is 1.72. The van der Waals surface area contributed by atoms with Gasteiger partial charge in [0, 0.05) is 16.1 Å². The monoisotopic (exact) mass is 356 g/mol. The third-order valence-electron chi connectivity index (χ3n) is 3.70. The van der Waals surface area contributed by atoms with E-state index in [1.165, 1.54) is 11.8 Å². The fourth-order valence-corrected chi connectivity index (χ4v) is 3.31. The van der Waals surface area contributed by atoms with Crippen LogP contribution in [0.5, 0.6) is 0 Å². The van der Waals surface area contributed by atoms with Crippen LogP contribution in [-0.2, 0) is 4.79 Å². The van der Waals surface area contributed by atoms with Crippen molar-refractivity contribution in [2.45, 2.75) is 24.1 Å². The van der Waals surface area contributed by atoms with Crippen LogP contribution in [0.4, 0.5) is 5.69 Å². The molecule has 1 N–H and O–H groups in total. The summed E-state index contributed by atoms with van der Waals surface area (Å²) in [6.07, 6.45) is 0. The van der Waals surface area contributed by atoms with Gasteiger partial charge in [-0.15, -0.1) is 0 Å². The number of nitrogens with one attached hydrogen (secondary N) is 1. The highest BCUT2D eigenvalue weighted by Crippen LogP contribution is 2.26. The van der Waals surface area contributed by atoms with Crippen molar-refractivity contribution in [1.82, 2.24) is 4.98 Å². The summed E-state index contributed by atoms with van der Waals surface area (Å²) in [4.78, 5) is 17.0. The molecule has 1 amide bonds. The van der Waals surface area contributed by atoms with E-state index in [9.17, 15) is 4.79 Å². The second-order valence-electron chi connectivity index (χ2n) is 5.55. The van der Waals surface area contributed by atoms with Crippen molar-refractivity contribution in [2.24, 2.45) is 0 Å². The van der Waals surface area contributed by atoms with Gasteiger partial charge < -0.3 is 5.32 Å². The van der Waals surface area contributed by atoms with Crippen molar-refractivity contribution in [3.63, 3.8) is 0 Å². The minimum atomic E-state index is -0.267. The van der Waals surface area contributed by atoms with Crippen LogP contribution >= 0.6 is 23.4 Å². The van der Waals surface area contributed by atoms with Crippen LogP contribution in [0.25, 0.3) is 10.9 Å². The summed E-state index contributed by atoms with van der Waals surface area (Å²) in [5.41, 5.74) is 2.65. The van der Waals surface area contributed by atoms with Gasteiger partial charge in [-0.2, -0.15) is 0 Å². The van der Waals surface area contributed by atoms with E-state index in [0.717, 1.165) is 27.2 Å². The maximum atomic E-state index is 12.4. The third-order valence-corrected chi connectivity index (χ3v) is 4.97. The van der Waals surface area contributed by atoms with Gasteiger partial charge in [0.25, 0.3) is 0 Å². The molecule has 5 heteroatoms. The van der Waals surface area contributed by atoms with Crippen molar-refractivity contribution in [2.75, 3.05) is 5.32 Å². The number of thioether (sulfide) groups is 1. The van der Waals surface area contributed by atoms with Crippen molar-refractivity contribution in [3.8, 4) is 0 Å². The highest BCUT2D eigenvalue weighted by Gasteiger charge is 2.16. The number of para-hydroxylation sites is 1. The Hall–Kier alpha value is -2.04. The van der Waals surface area contributed by atoms with E-state index < -0.39 is 0 Å². The van der Waals surface area contributed by atoms with Crippen LogP contribution in [-0.4, -0.2) is 16.1 Å². The third kappa shape index (κ3) is 3.89. The van der Waals surface area contributed by atoms with Crippen LogP contribution in [0, 0.1) is 6.92 Å². The normalized spacial score (nSPS) is 12.1. The maximum absolute atomic E-state index is 12.4. The fraction of sp³-hybridized carbons (Fsp3) is 0.158. The summed E-state index contributed by atoms with van der Waals surface area (Å²) in [6.45, 7) is 3.81. The molecule has 1 aromatic heterocycles. The molecule has 3 nitrogen and oxygen atoms in total. The zero-order valence-corrected chi connectivity index (χ0v) is 15.0. The molecule has 2 aromatic carbocycles. The van der Waals surface area contributed by atoms with Gasteiger partial charge in [-0.1, -0.05) is 53.7 Å². The van der Waals surface area contributed by atoms with Gasteiger partial charge >= 0.3 is 0 Å². The number of benzene rings is 2. The lowest BCUT2D eigenvalue weighted by Gasteiger charge is -2.13. The molecule has 0 aliphatic heterocycles. The fourth-order valence-electron chi connectivity index (χ4n) is 2.31. The molecular weight excluding hydrogens is 340 g/mol. The largest absolute Gasteiger partial charge is 0.325 e. The van der Waals surface area contributed by atoms with Gasteiger partial charge in [-0.25, -0.2) is 4.98 Å². The smallest absolute Gasteiger partial charge is 0.237 e. The molecule has 24 heavy (non-hydrogen) atoms. The number of hydrogen-bond donors (Lipinski definition) is 1. The van der Waals surface area contributed by atoms with Gasteiger partial charge in [0.15, 0.2) is 0 Å². The first-order chi connectivity index (χ1) is 11.5. The van der Waals surface area contributed by atoms with Gasteiger partial charge in [0.2, 0.25) is 5.91 Å². The van der Waals surface area contributed by atoms with E-state index in [4.69, 9.17) is 11.6 Å². The zero-order chi connectivity index (χ0) is 17.1. The average Bonchev–Trinajstić information content (AvgIpc) is 2.58. The number of pyridine rings is 1. The van der Waals surface area contributed by atoms with Crippen molar-refractivity contribution >= 4 is 45.9 Å². The predicted octanol–water partition coefficient (Wildman–Crippen LogP) is 5.32. The average molecular weight is 357 g/mol. The number of aryl methyl sites for hydroxylation is 1. The SMILES string of the molecule is Cc1ccc(Cl)cc1NC(=O)C(C)Sc1ccc2ccccc2n1. The van der Waals surface area contributed by atoms with Crippen LogP contribution in [0.1, 0.15) is 12.5 Å². The Morgan fingerprint density at radius 2 is 1.96 bits per heavy atom. The Bertz CT molecular complexity index is 897. The molecule has 1 atom stereocenters. The Labute approximate surface area is 150 Å². The molecule has 0 bridgehead atoms. The topological polar surface area (TPSA) is 42.0 Å². The highest BCUT2D eigenvalue weighted by atomic mass is 35.5. The number of fused-ring (bicyclic) bond motifs is 1. The molecule has 0 fully saturated rings. The Morgan fingerprint density at radius 3 is 2.79 bits per heavy atom. The molecule has 0 aliphatic carbocycles. The van der Waals surface area contributed by atoms with Crippen LogP contribution in [0.15, 0.2) is 59.6 Å². The van der Waals surface area contributed by atoms with E-state index in [2.05, 4.69) is 10.3 Å². The number of halogens is 1. The molecule has 1 heterocycles. The van der Waals surface area contributed by atoms with Gasteiger partial charge in [0.1, 0.15) is 0 Å². The summed E-state index contributed by atoms with van der Waals surface area (Å²) in [5.74, 6) is -0.0691. The van der Waals surface area contributed by atoms with E-state index in [-0.39, 0.29) is 11.2 Å². The summed E-state index contributed by atoms with van der Waals surface area (Å²) >= 11 is 7.44. The van der Waals surface area contributed by atoms with Crippen LogP contribution < -0.4 is 5.32 Å². The Morgan fingerprint density at radius 1 is 1.17 bits per heavy atom. The lowest BCUT2D eigenvalue weighted by molar-refractivity contribution is -0.115. The van der Waals surface area contributed by atoms with E-state index in [0.29, 0.717) is 5.02 Å². The lowest BCUT2D eigenvalue weighted by atomic mass is 10.2. The van der Waals surface area contributed by atoms with E-state index in [1.807, 2.05) is 62.4 Å². The molecule has 0 saturated carbocycles. The molecule has 0 radical (unpaired) electrons. The number of amides is 1. The van der Waals surface area contributed by atoms with Crippen molar-refractivity contribution < 1.29 is 4.79 Å². The van der Waals surface area contributed by atoms with E-state index >= 15 is 0 Å². The Kier molecular flexibility index (Phi) is 5.07. The highest BCUT2D eigenvalue weighted by molar-refractivity contribution is 8.00. The molecule has 122 valence electrons. The summed E-state index contributed by atoms with van der Waals surface area (Å²) < 4.78 is 0. The van der Waals surface area contributed by atoms with Gasteiger partial charge in [0.05, 0.1) is 15.8 Å². The summed E-state index contributed by atoms with van der Waals surface area (Å²) in [5, 5.41) is 5.20. The second-order valence-corrected chi connectivity index (χ2v) is 7.35. The number of anilines is 1. The standard InChI is InChI=1S/C19H17ClN2OS/c1-12-7-9-15(20)11-17(12)22-19(23)13(2)24-18-10-8-14-5-3-4-6-16(14)21-18/h3-11,13H,1-2H3,(H,22,23). The molecule has 0 aliphatic rings. The van der Waals surface area contributed by atoms with Crippen molar-refractivity contribution in [1.29, 1.82) is 0 Å². The van der Waals surface area contributed by atoms with Gasteiger partial charge in [-0.05, 0) is 43.7 Å². The molecule has 0 spiro atoms. The number of rotatable bonds is 4. The number of hydrogen-bond acceptors (Lipinski definition) is 3. The molecule has 3 aromatic rings. The predicted molar refractivity (Wildman–Crippen MR) is 102 cm³/mol. The zero-order valence-electron chi connectivity index (χ0n) is 13.4. The molecule has 3 rings (SSSR count). The number of carbonyl (C=O) groups excluding carboxylic acids is 1. The summed E-state index contributed by atoms with van der Waals surface area (Å²) in [7, 11) is 0. The number of nitrogens with zero attached hydrogens (tertiary/aromatic N) is 1. The second kappa shape index (κ2) is 7.24. The van der Waals surface area contributed by atoms with Crippen molar-refractivity contribution in [3.05, 3.63) is 65.2 Å². The first-order valence-corrected chi connectivity index (χ1v) is 8.88. The summed E-state index contributed by atoms with van der Waals surface area (Å²) in [6, 6.07) is 17.4. The first kappa shape index (κ1) is 16.8. The number of carbonyl (C=O) groups is 1. The molecule has 1 unspecified atom stereocenters. The first-order valence-electron chi connectivity index (χ1n) is 7.62. The maximum Gasteiger partial charge on any atom is 0.237 e. The minimum absolute atomic E-state index is 0.0691. The van der Waals surface area contributed by atoms with Crippen LogP contribution in [0.2, 0.25) is 5.02 Å². The van der Waals surface area contributed by atoms with E-state index in [1.54, 1.807) is 6.07 Å². The van der Waals surface area contributed by atoms with Gasteiger partial charge in [-0.3, -0.25) is 4.79 Å². The molecular formula is C19H17ClN2OS. The minimum Gasteiger partial charge on any atom is -0.325 e. The molecule has 0 saturated heterocycles. The number of aromatic nitrogens is 1. The lowest BCUT2D eigenvalue weighted by Crippen LogP contribution is -2.22.